The van der Waals surface area contributed by atoms with Gasteiger partial charge in [0.05, 0.1) is 38.6 Å². The Labute approximate surface area is 460 Å². The Kier molecular flexibility index (Phi) is 37.7. The molecule has 0 saturated carbocycles. The predicted molar refractivity (Wildman–Crippen MR) is 291 cm³/mol. The largest absolute Gasteiger partial charge is 0.394 e. The molecule has 3 fully saturated rings. The first-order chi connectivity index (χ1) is 37.3. The number of rotatable bonds is 43. The highest BCUT2D eigenvalue weighted by molar-refractivity contribution is 5.76. The number of nitrogens with one attached hydrogen (secondary N) is 1. The lowest BCUT2D eigenvalue weighted by Crippen LogP contribution is -2.66. The Morgan fingerprint density at radius 3 is 1.29 bits per heavy atom. The van der Waals surface area contributed by atoms with Crippen LogP contribution < -0.4 is 5.32 Å². The molecule has 17 atom stereocenters. The molecule has 0 aromatic heterocycles. The fourth-order valence-electron chi connectivity index (χ4n) is 9.96. The molecule has 77 heavy (non-hydrogen) atoms. The number of hydrogen-bond acceptors (Lipinski definition) is 18. The van der Waals surface area contributed by atoms with E-state index in [0.717, 1.165) is 32.1 Å². The van der Waals surface area contributed by atoms with E-state index in [4.69, 9.17) is 28.4 Å². The van der Waals surface area contributed by atoms with Gasteiger partial charge in [0.2, 0.25) is 5.91 Å². The molecule has 3 saturated heterocycles. The van der Waals surface area contributed by atoms with Crippen LogP contribution in [0.4, 0.5) is 0 Å². The first kappa shape index (κ1) is 69.3. The number of unbranched alkanes of at least 4 members (excludes halogenated alkanes) is 23. The minimum absolute atomic E-state index is 0.206. The molecular weight excluding hydrogens is 999 g/mol. The number of aliphatic hydroxyl groups excluding tert-OH is 11. The molecule has 19 nitrogen and oxygen atoms in total. The molecule has 450 valence electrons. The van der Waals surface area contributed by atoms with Crippen LogP contribution in [0.1, 0.15) is 194 Å². The quantitative estimate of drug-likeness (QED) is 0.0285. The molecule has 3 aliphatic heterocycles. The van der Waals surface area contributed by atoms with Gasteiger partial charge in [0, 0.05) is 6.42 Å². The van der Waals surface area contributed by atoms with Gasteiger partial charge in [0.25, 0.3) is 0 Å². The number of aliphatic hydroxyl groups is 11. The number of amides is 1. The first-order valence-corrected chi connectivity index (χ1v) is 29.7. The van der Waals surface area contributed by atoms with E-state index < -0.39 is 124 Å². The maximum atomic E-state index is 12.8. The van der Waals surface area contributed by atoms with E-state index in [1.54, 1.807) is 6.08 Å². The Balaban J connectivity index is 1.33. The smallest absolute Gasteiger partial charge is 0.220 e. The van der Waals surface area contributed by atoms with Gasteiger partial charge >= 0.3 is 0 Å². The van der Waals surface area contributed by atoms with Crippen molar-refractivity contribution in [2.24, 2.45) is 0 Å². The maximum Gasteiger partial charge on any atom is 0.220 e. The summed E-state index contributed by atoms with van der Waals surface area (Å²) in [7, 11) is 0. The monoisotopic (exact) mass is 1100 g/mol. The molecule has 3 aliphatic rings. The molecule has 3 rings (SSSR count). The van der Waals surface area contributed by atoms with E-state index in [1.165, 1.54) is 128 Å². The summed E-state index contributed by atoms with van der Waals surface area (Å²) in [5.74, 6) is -0.326. The zero-order valence-corrected chi connectivity index (χ0v) is 46.7. The van der Waals surface area contributed by atoms with Crippen LogP contribution in [0.15, 0.2) is 36.5 Å². The predicted octanol–water partition coefficient (Wildman–Crippen LogP) is 4.93. The SMILES string of the molecule is CCCCCCCCCCCCCCCCCCCCCC/C=C/CC/C=C/CC/C=C/C(O)C(COC1OC(CO)C(OC2OC(CO)C(OC3OC(CO)C(O)C(O)C3O)C(O)C2O)C(O)C1O)NC(=O)CCCC. The van der Waals surface area contributed by atoms with Crippen LogP contribution >= 0.6 is 0 Å². The number of allylic oxidation sites excluding steroid dienone is 5. The van der Waals surface area contributed by atoms with Gasteiger partial charge in [-0.1, -0.05) is 179 Å². The van der Waals surface area contributed by atoms with Gasteiger partial charge in [0.15, 0.2) is 18.9 Å². The third kappa shape index (κ3) is 26.2. The van der Waals surface area contributed by atoms with Crippen molar-refractivity contribution in [1.82, 2.24) is 5.32 Å². The van der Waals surface area contributed by atoms with Crippen LogP contribution in [0, 0.1) is 0 Å². The lowest BCUT2D eigenvalue weighted by molar-refractivity contribution is -0.379. The zero-order chi connectivity index (χ0) is 56.2. The average Bonchev–Trinajstić information content (AvgIpc) is 3.43. The minimum atomic E-state index is -1.98. The standard InChI is InChI=1S/C58H105NO18/c1-3-5-7-8-9-10-11-12-13-14-15-16-17-18-19-20-21-22-23-24-25-26-27-28-29-30-31-32-33-34-35-42(63)41(59-46(64)36-6-4-2)40-72-56-52(70)49(67)54(44(38-61)74-56)77-58-53(71)50(68)55(45(39-62)75-58)76-57-51(69)48(66)47(65)43(37-60)73-57/h26-27,30-31,34-35,41-45,47-58,60-63,65-71H,3-25,28-29,32-33,36-40H2,1-2H3,(H,59,64)/b27-26+,31-30+,35-34+. The van der Waals surface area contributed by atoms with Gasteiger partial charge in [-0.15, -0.1) is 0 Å². The lowest BCUT2D eigenvalue weighted by atomic mass is 9.96. The summed E-state index contributed by atoms with van der Waals surface area (Å²) >= 11 is 0. The molecule has 17 unspecified atom stereocenters. The second-order valence-corrected chi connectivity index (χ2v) is 21.4. The van der Waals surface area contributed by atoms with Gasteiger partial charge in [-0.2, -0.15) is 0 Å². The Morgan fingerprint density at radius 2 is 0.831 bits per heavy atom. The molecule has 0 radical (unpaired) electrons. The van der Waals surface area contributed by atoms with Crippen LogP contribution in [-0.4, -0.2) is 193 Å². The van der Waals surface area contributed by atoms with E-state index in [9.17, 15) is 61.0 Å². The molecule has 12 N–H and O–H groups in total. The molecular formula is C58H105NO18. The molecule has 1 amide bonds. The van der Waals surface area contributed by atoms with E-state index in [1.807, 2.05) is 13.0 Å². The van der Waals surface area contributed by atoms with Gasteiger partial charge in [0.1, 0.15) is 73.2 Å². The highest BCUT2D eigenvalue weighted by atomic mass is 16.8. The number of hydrogen-bond donors (Lipinski definition) is 12. The highest BCUT2D eigenvalue weighted by Gasteiger charge is 2.53. The van der Waals surface area contributed by atoms with Crippen molar-refractivity contribution in [1.29, 1.82) is 0 Å². The van der Waals surface area contributed by atoms with Gasteiger partial charge in [-0.3, -0.25) is 4.79 Å². The van der Waals surface area contributed by atoms with E-state index >= 15 is 0 Å². The highest BCUT2D eigenvalue weighted by Crippen LogP contribution is 2.33. The third-order valence-electron chi connectivity index (χ3n) is 14.9. The number of carbonyl (C=O) groups excluding carboxylic acids is 1. The van der Waals surface area contributed by atoms with Crippen LogP contribution in [0.25, 0.3) is 0 Å². The van der Waals surface area contributed by atoms with Gasteiger partial charge in [-0.05, 0) is 44.9 Å². The fraction of sp³-hybridized carbons (Fsp3) is 0.879. The second-order valence-electron chi connectivity index (χ2n) is 21.4. The van der Waals surface area contributed by atoms with Crippen LogP contribution in [0.2, 0.25) is 0 Å². The lowest BCUT2D eigenvalue weighted by Gasteiger charge is -2.48. The summed E-state index contributed by atoms with van der Waals surface area (Å²) in [4.78, 5) is 12.8. The molecule has 0 aliphatic carbocycles. The summed E-state index contributed by atoms with van der Waals surface area (Å²) in [6.07, 6.45) is 19.0. The Hall–Kier alpha value is -1.99. The molecule has 3 heterocycles. The summed E-state index contributed by atoms with van der Waals surface area (Å²) in [5.41, 5.74) is 0. The number of carbonyl (C=O) groups is 1. The summed E-state index contributed by atoms with van der Waals surface area (Å²) in [6, 6.07) is -0.989. The van der Waals surface area contributed by atoms with Gasteiger partial charge < -0.3 is 89.9 Å². The van der Waals surface area contributed by atoms with E-state index in [-0.39, 0.29) is 18.9 Å². The first-order valence-electron chi connectivity index (χ1n) is 29.7. The van der Waals surface area contributed by atoms with Crippen molar-refractivity contribution in [3.63, 3.8) is 0 Å². The molecule has 0 spiro atoms. The van der Waals surface area contributed by atoms with Crippen molar-refractivity contribution in [2.75, 3.05) is 26.4 Å². The Bertz CT molecular complexity index is 1550. The van der Waals surface area contributed by atoms with Crippen LogP contribution in [-0.2, 0) is 33.2 Å². The maximum absolute atomic E-state index is 12.8. The molecule has 19 heteroatoms. The average molecular weight is 1100 g/mol. The van der Waals surface area contributed by atoms with Crippen molar-refractivity contribution in [2.45, 2.75) is 298 Å². The van der Waals surface area contributed by atoms with E-state index in [0.29, 0.717) is 12.8 Å². The second kappa shape index (κ2) is 41.9. The molecule has 0 aromatic rings. The van der Waals surface area contributed by atoms with E-state index in [2.05, 4.69) is 36.5 Å². The Morgan fingerprint density at radius 1 is 0.455 bits per heavy atom. The number of ether oxygens (including phenoxy) is 6. The fourth-order valence-corrected chi connectivity index (χ4v) is 9.96. The van der Waals surface area contributed by atoms with Crippen LogP contribution in [0.3, 0.4) is 0 Å². The summed E-state index contributed by atoms with van der Waals surface area (Å²) < 4.78 is 33.9. The van der Waals surface area contributed by atoms with Gasteiger partial charge in [-0.25, -0.2) is 0 Å². The topological polar surface area (TPSA) is 307 Å². The summed E-state index contributed by atoms with van der Waals surface area (Å²) in [5, 5.41) is 119. The molecule has 0 bridgehead atoms. The van der Waals surface area contributed by atoms with Crippen molar-refractivity contribution in [3.8, 4) is 0 Å². The third-order valence-corrected chi connectivity index (χ3v) is 14.9. The molecule has 0 aromatic carbocycles. The normalized spacial score (nSPS) is 30.9. The zero-order valence-electron chi connectivity index (χ0n) is 46.7. The minimum Gasteiger partial charge on any atom is -0.394 e. The van der Waals surface area contributed by atoms with Crippen molar-refractivity contribution < 1.29 is 89.4 Å². The van der Waals surface area contributed by atoms with Crippen molar-refractivity contribution >= 4 is 5.91 Å². The summed E-state index contributed by atoms with van der Waals surface area (Å²) in [6.45, 7) is 1.41. The van der Waals surface area contributed by atoms with Crippen LogP contribution in [0.5, 0.6) is 0 Å². The van der Waals surface area contributed by atoms with Crippen molar-refractivity contribution in [3.05, 3.63) is 36.5 Å².